The van der Waals surface area contributed by atoms with Crippen LogP contribution in [0.5, 0.6) is 0 Å². The van der Waals surface area contributed by atoms with Gasteiger partial charge in [0.2, 0.25) is 0 Å². The van der Waals surface area contributed by atoms with Crippen LogP contribution in [0, 0.1) is 18.8 Å². The van der Waals surface area contributed by atoms with Crippen LogP contribution >= 0.6 is 11.3 Å². The lowest BCUT2D eigenvalue weighted by Gasteiger charge is -2.15. The summed E-state index contributed by atoms with van der Waals surface area (Å²) in [5.41, 5.74) is 1.15. The molecule has 1 aromatic heterocycles. The Bertz CT molecular complexity index is 407. The molecular weight excluding hydrogens is 258 g/mol. The third-order valence-electron chi connectivity index (χ3n) is 3.76. The predicted octanol–water partition coefficient (Wildman–Crippen LogP) is 2.28. The zero-order valence-corrected chi connectivity index (χ0v) is 13.2. The fourth-order valence-electron chi connectivity index (χ4n) is 2.20. The first-order valence-electron chi connectivity index (χ1n) is 6.99. The van der Waals surface area contributed by atoms with Gasteiger partial charge in [-0.3, -0.25) is 0 Å². The van der Waals surface area contributed by atoms with E-state index in [-0.39, 0.29) is 0 Å². The predicted molar refractivity (Wildman–Crippen MR) is 81.0 cm³/mol. The highest BCUT2D eigenvalue weighted by atomic mass is 32.1. The normalized spacial score (nSPS) is 21.7. The van der Waals surface area contributed by atoms with E-state index >= 15 is 0 Å². The molecule has 4 nitrogen and oxygen atoms in total. The Morgan fingerprint density at radius 1 is 1.53 bits per heavy atom. The molecule has 1 saturated carbocycles. The lowest BCUT2D eigenvalue weighted by Crippen LogP contribution is -2.20. The molecule has 1 heterocycles. The van der Waals surface area contributed by atoms with Gasteiger partial charge in [-0.05, 0) is 25.2 Å². The Labute approximate surface area is 120 Å². The van der Waals surface area contributed by atoms with Crippen LogP contribution in [0.2, 0.25) is 0 Å². The molecule has 0 aromatic carbocycles. The van der Waals surface area contributed by atoms with Crippen LogP contribution in [0.15, 0.2) is 0 Å². The van der Waals surface area contributed by atoms with Gasteiger partial charge >= 0.3 is 0 Å². The molecule has 1 aliphatic rings. The third kappa shape index (κ3) is 4.16. The van der Waals surface area contributed by atoms with Gasteiger partial charge in [0.1, 0.15) is 0 Å². The molecule has 0 saturated heterocycles. The summed E-state index contributed by atoms with van der Waals surface area (Å²) in [5.74, 6) is 1.77. The Kier molecular flexibility index (Phi) is 5.19. The number of nitrogens with zero attached hydrogens (tertiary/aromatic N) is 2. The first-order valence-corrected chi connectivity index (χ1v) is 7.80. The Balaban J connectivity index is 1.84. The second kappa shape index (κ2) is 6.68. The SMILES string of the molecule is COCCNCc1sc(N(C)CC2CC2C)nc1C. The lowest BCUT2D eigenvalue weighted by atomic mass is 10.3. The summed E-state index contributed by atoms with van der Waals surface area (Å²) < 4.78 is 5.03. The minimum atomic E-state index is 0.754. The van der Waals surface area contributed by atoms with Gasteiger partial charge in [0.05, 0.1) is 12.3 Å². The van der Waals surface area contributed by atoms with E-state index in [0.29, 0.717) is 0 Å². The van der Waals surface area contributed by atoms with Gasteiger partial charge in [-0.15, -0.1) is 11.3 Å². The lowest BCUT2D eigenvalue weighted by molar-refractivity contribution is 0.199. The highest BCUT2D eigenvalue weighted by Gasteiger charge is 2.33. The van der Waals surface area contributed by atoms with E-state index in [2.05, 4.69) is 36.1 Å². The molecule has 108 valence electrons. The Morgan fingerprint density at radius 2 is 2.26 bits per heavy atom. The topological polar surface area (TPSA) is 37.4 Å². The maximum absolute atomic E-state index is 5.03. The zero-order chi connectivity index (χ0) is 13.8. The van der Waals surface area contributed by atoms with Crippen LogP contribution < -0.4 is 10.2 Å². The average molecular weight is 283 g/mol. The quantitative estimate of drug-likeness (QED) is 0.743. The number of anilines is 1. The zero-order valence-electron chi connectivity index (χ0n) is 12.4. The molecule has 0 aliphatic heterocycles. The van der Waals surface area contributed by atoms with E-state index in [1.165, 1.54) is 11.3 Å². The van der Waals surface area contributed by atoms with E-state index in [9.17, 15) is 0 Å². The number of nitrogens with one attached hydrogen (secondary N) is 1. The summed E-state index contributed by atoms with van der Waals surface area (Å²) in [7, 11) is 3.89. The van der Waals surface area contributed by atoms with Crippen molar-refractivity contribution in [2.45, 2.75) is 26.8 Å². The average Bonchev–Trinajstić information content (AvgIpc) is 2.93. The minimum absolute atomic E-state index is 0.754. The van der Waals surface area contributed by atoms with Crippen molar-refractivity contribution in [1.29, 1.82) is 0 Å². The fraction of sp³-hybridized carbons (Fsp3) is 0.786. The number of aryl methyl sites for hydroxylation is 1. The number of ether oxygens (including phenoxy) is 1. The third-order valence-corrected chi connectivity index (χ3v) is 5.03. The molecule has 1 fully saturated rings. The van der Waals surface area contributed by atoms with Gasteiger partial charge < -0.3 is 15.0 Å². The summed E-state index contributed by atoms with van der Waals surface area (Å²) in [5, 5.41) is 4.54. The molecule has 2 unspecified atom stereocenters. The van der Waals surface area contributed by atoms with E-state index in [0.717, 1.165) is 48.9 Å². The molecule has 0 bridgehead atoms. The van der Waals surface area contributed by atoms with E-state index in [4.69, 9.17) is 4.74 Å². The van der Waals surface area contributed by atoms with Crippen molar-refractivity contribution in [2.24, 2.45) is 11.8 Å². The maximum atomic E-state index is 5.03. The summed E-state index contributed by atoms with van der Waals surface area (Å²) in [4.78, 5) is 8.33. The van der Waals surface area contributed by atoms with E-state index in [1.807, 2.05) is 11.3 Å². The highest BCUT2D eigenvalue weighted by molar-refractivity contribution is 7.15. The van der Waals surface area contributed by atoms with Crippen LogP contribution in [0.3, 0.4) is 0 Å². The first kappa shape index (κ1) is 14.8. The molecule has 5 heteroatoms. The highest BCUT2D eigenvalue weighted by Crippen LogP contribution is 2.39. The van der Waals surface area contributed by atoms with Gasteiger partial charge in [-0.1, -0.05) is 6.92 Å². The molecule has 0 radical (unpaired) electrons. The number of hydrogen-bond acceptors (Lipinski definition) is 5. The number of aromatic nitrogens is 1. The first-order chi connectivity index (χ1) is 9.11. The van der Waals surface area contributed by atoms with Crippen LogP contribution in [0.25, 0.3) is 0 Å². The number of methoxy groups -OCH3 is 1. The monoisotopic (exact) mass is 283 g/mol. The second-order valence-corrected chi connectivity index (χ2v) is 6.59. The van der Waals surface area contributed by atoms with Gasteiger partial charge in [0.15, 0.2) is 5.13 Å². The molecule has 1 aromatic rings. The largest absolute Gasteiger partial charge is 0.383 e. The van der Waals surface area contributed by atoms with E-state index < -0.39 is 0 Å². The fourth-order valence-corrected chi connectivity index (χ4v) is 3.20. The molecule has 0 amide bonds. The van der Waals surface area contributed by atoms with Crippen molar-refractivity contribution in [3.05, 3.63) is 10.6 Å². The number of rotatable bonds is 8. The molecule has 2 rings (SSSR count). The van der Waals surface area contributed by atoms with Gasteiger partial charge in [0.25, 0.3) is 0 Å². The second-order valence-electron chi connectivity index (χ2n) is 5.53. The van der Waals surface area contributed by atoms with Crippen molar-refractivity contribution < 1.29 is 4.74 Å². The summed E-state index contributed by atoms with van der Waals surface area (Å²) in [6.07, 6.45) is 1.38. The van der Waals surface area contributed by atoms with Gasteiger partial charge in [0, 0.05) is 38.7 Å². The van der Waals surface area contributed by atoms with Crippen LogP contribution in [0.1, 0.15) is 23.9 Å². The van der Waals surface area contributed by atoms with Gasteiger partial charge in [-0.25, -0.2) is 4.98 Å². The maximum Gasteiger partial charge on any atom is 0.185 e. The molecule has 1 aliphatic carbocycles. The van der Waals surface area contributed by atoms with Crippen LogP contribution in [-0.2, 0) is 11.3 Å². The van der Waals surface area contributed by atoms with E-state index in [1.54, 1.807) is 7.11 Å². The molecule has 2 atom stereocenters. The van der Waals surface area contributed by atoms with Crippen molar-refractivity contribution in [2.75, 3.05) is 38.8 Å². The molecular formula is C14H25N3OS. The number of thiazole rings is 1. The van der Waals surface area contributed by atoms with Crippen molar-refractivity contribution in [3.63, 3.8) is 0 Å². The summed E-state index contributed by atoms with van der Waals surface area (Å²) in [6, 6.07) is 0. The smallest absolute Gasteiger partial charge is 0.185 e. The molecule has 19 heavy (non-hydrogen) atoms. The number of hydrogen-bond donors (Lipinski definition) is 1. The standard InChI is InChI=1S/C14H25N3OS/c1-10-7-12(10)9-17(3)14-16-11(2)13(19-14)8-15-5-6-18-4/h10,12,15H,5-9H2,1-4H3. The Hall–Kier alpha value is -0.650. The van der Waals surface area contributed by atoms with Crippen LogP contribution in [-0.4, -0.2) is 38.8 Å². The van der Waals surface area contributed by atoms with Crippen LogP contribution in [0.4, 0.5) is 5.13 Å². The minimum Gasteiger partial charge on any atom is -0.383 e. The van der Waals surface area contributed by atoms with Crippen molar-refractivity contribution >= 4 is 16.5 Å². The molecule has 1 N–H and O–H groups in total. The van der Waals surface area contributed by atoms with Crippen molar-refractivity contribution in [3.8, 4) is 0 Å². The molecule has 0 spiro atoms. The Morgan fingerprint density at radius 3 is 2.89 bits per heavy atom. The van der Waals surface area contributed by atoms with Gasteiger partial charge in [-0.2, -0.15) is 0 Å². The van der Waals surface area contributed by atoms with Crippen molar-refractivity contribution in [1.82, 2.24) is 10.3 Å². The summed E-state index contributed by atoms with van der Waals surface area (Å²) >= 11 is 1.81. The summed E-state index contributed by atoms with van der Waals surface area (Å²) in [6.45, 7) is 8.10.